The first-order valence-corrected chi connectivity index (χ1v) is 15.4. The van der Waals surface area contributed by atoms with Gasteiger partial charge in [-0.15, -0.1) is 11.3 Å². The van der Waals surface area contributed by atoms with E-state index in [1.165, 1.54) is 30.9 Å². The Kier molecular flexibility index (Phi) is 4.84. The molecule has 10 aromatic rings. The van der Waals surface area contributed by atoms with Gasteiger partial charge in [0.25, 0.3) is 0 Å². The lowest BCUT2D eigenvalue weighted by Crippen LogP contribution is -2.10. The van der Waals surface area contributed by atoms with E-state index in [2.05, 4.69) is 107 Å². The highest BCUT2D eigenvalue weighted by molar-refractivity contribution is 7.26. The van der Waals surface area contributed by atoms with Crippen LogP contribution in [0.2, 0.25) is 0 Å². The Balaban J connectivity index is 1.29. The molecular formula is C39H22N2O2S. The summed E-state index contributed by atoms with van der Waals surface area (Å²) in [6, 6.07) is 42.6. The van der Waals surface area contributed by atoms with Crippen LogP contribution in [0.1, 0.15) is 0 Å². The molecule has 0 amide bonds. The Morgan fingerprint density at radius 3 is 2.11 bits per heavy atom. The second-order valence-corrected chi connectivity index (χ2v) is 12.2. The molecule has 0 atom stereocenters. The second kappa shape index (κ2) is 8.93. The van der Waals surface area contributed by atoms with Crippen molar-refractivity contribution in [3.8, 4) is 0 Å². The van der Waals surface area contributed by atoms with E-state index in [1.807, 2.05) is 48.0 Å². The minimum atomic E-state index is 0.864. The number of furan rings is 2. The van der Waals surface area contributed by atoms with Crippen LogP contribution in [0, 0.1) is 0 Å². The maximum absolute atomic E-state index is 6.37. The first-order chi connectivity index (χ1) is 21.8. The molecule has 0 fully saturated rings. The largest absolute Gasteiger partial charge is 0.456 e. The van der Waals surface area contributed by atoms with E-state index in [4.69, 9.17) is 8.83 Å². The molecule has 44 heavy (non-hydrogen) atoms. The van der Waals surface area contributed by atoms with E-state index >= 15 is 0 Å². The van der Waals surface area contributed by atoms with Crippen molar-refractivity contribution in [1.82, 2.24) is 4.98 Å². The molecule has 6 aromatic carbocycles. The summed E-state index contributed by atoms with van der Waals surface area (Å²) >= 11 is 1.82. The van der Waals surface area contributed by atoms with Gasteiger partial charge in [-0.25, -0.2) is 0 Å². The Morgan fingerprint density at radius 1 is 0.523 bits per heavy atom. The third-order valence-electron chi connectivity index (χ3n) is 8.74. The molecular weight excluding hydrogens is 561 g/mol. The lowest BCUT2D eigenvalue weighted by atomic mass is 10.0. The SMILES string of the molecule is c1ccc2c(c1)oc1cc(N(c3ccc4oc5ccccc5c4c3)c3cccc4sc5c6cnccc6ccc5c34)ccc12. The average Bonchev–Trinajstić information content (AvgIpc) is 3.76. The molecule has 10 rings (SSSR count). The lowest BCUT2D eigenvalue weighted by Gasteiger charge is -2.26. The summed E-state index contributed by atoms with van der Waals surface area (Å²) in [5, 5.41) is 9.26. The Bertz CT molecular complexity index is 2750. The van der Waals surface area contributed by atoms with Gasteiger partial charge in [-0.3, -0.25) is 4.98 Å². The van der Waals surface area contributed by atoms with Gasteiger partial charge in [-0.1, -0.05) is 54.6 Å². The third-order valence-corrected chi connectivity index (χ3v) is 9.94. The summed E-state index contributed by atoms with van der Waals surface area (Å²) in [5.41, 5.74) is 6.71. The van der Waals surface area contributed by atoms with Gasteiger partial charge in [0.15, 0.2) is 0 Å². The predicted molar refractivity (Wildman–Crippen MR) is 184 cm³/mol. The van der Waals surface area contributed by atoms with Crippen molar-refractivity contribution >= 4 is 103 Å². The van der Waals surface area contributed by atoms with Gasteiger partial charge >= 0.3 is 0 Å². The van der Waals surface area contributed by atoms with Crippen molar-refractivity contribution in [3.63, 3.8) is 0 Å². The summed E-state index contributed by atoms with van der Waals surface area (Å²) < 4.78 is 15.1. The fourth-order valence-corrected chi connectivity index (χ4v) is 7.99. The molecule has 0 unspecified atom stereocenters. The number of thiophene rings is 1. The highest BCUT2D eigenvalue weighted by Gasteiger charge is 2.21. The van der Waals surface area contributed by atoms with Gasteiger partial charge in [0.2, 0.25) is 0 Å². The smallest absolute Gasteiger partial charge is 0.137 e. The van der Waals surface area contributed by atoms with Crippen LogP contribution in [-0.4, -0.2) is 4.98 Å². The first kappa shape index (κ1) is 23.9. The number of hydrogen-bond acceptors (Lipinski definition) is 5. The van der Waals surface area contributed by atoms with E-state index in [0.717, 1.165) is 60.9 Å². The van der Waals surface area contributed by atoms with Crippen LogP contribution in [0.5, 0.6) is 0 Å². The normalized spacial score (nSPS) is 12.1. The lowest BCUT2D eigenvalue weighted by molar-refractivity contribution is 0.668. The van der Waals surface area contributed by atoms with Crippen LogP contribution < -0.4 is 4.90 Å². The molecule has 0 aliphatic heterocycles. The van der Waals surface area contributed by atoms with E-state index in [-0.39, 0.29) is 0 Å². The topological polar surface area (TPSA) is 42.4 Å². The monoisotopic (exact) mass is 582 g/mol. The van der Waals surface area contributed by atoms with Crippen molar-refractivity contribution in [2.24, 2.45) is 0 Å². The number of rotatable bonds is 3. The highest BCUT2D eigenvalue weighted by Crippen LogP contribution is 2.47. The molecule has 0 spiro atoms. The van der Waals surface area contributed by atoms with Crippen LogP contribution in [-0.2, 0) is 0 Å². The summed E-state index contributed by atoms with van der Waals surface area (Å²) in [6.45, 7) is 0. The van der Waals surface area contributed by atoms with Gasteiger partial charge in [0.05, 0.1) is 5.69 Å². The highest BCUT2D eigenvalue weighted by atomic mass is 32.1. The zero-order chi connectivity index (χ0) is 28.8. The number of fused-ring (bicyclic) bond motifs is 11. The standard InChI is InChI=1S/C39H22N2O2S/c1-3-9-33-26(6-1)28-16-13-25(21-36(28)43-33)41(24-14-17-35-30(20-24)27-7-2-4-10-34(27)42-35)32-8-5-11-37-38(32)29-15-12-23-18-19-40-22-31(23)39(29)44-37/h1-22H. The predicted octanol–water partition coefficient (Wildman–Crippen LogP) is 11.9. The molecule has 0 N–H and O–H groups in total. The molecule has 0 aliphatic carbocycles. The molecule has 206 valence electrons. The Morgan fingerprint density at radius 2 is 1.23 bits per heavy atom. The Labute approximate surface area is 255 Å². The maximum Gasteiger partial charge on any atom is 0.137 e. The van der Waals surface area contributed by atoms with Crippen molar-refractivity contribution in [2.75, 3.05) is 4.90 Å². The number of pyridine rings is 1. The molecule has 0 saturated heterocycles. The number of para-hydroxylation sites is 2. The van der Waals surface area contributed by atoms with E-state index in [0.29, 0.717) is 0 Å². The van der Waals surface area contributed by atoms with Gasteiger partial charge in [-0.2, -0.15) is 0 Å². The van der Waals surface area contributed by atoms with Crippen LogP contribution >= 0.6 is 11.3 Å². The van der Waals surface area contributed by atoms with Crippen LogP contribution in [0.15, 0.2) is 143 Å². The quantitative estimate of drug-likeness (QED) is 0.208. The van der Waals surface area contributed by atoms with Crippen LogP contribution in [0.25, 0.3) is 74.8 Å². The van der Waals surface area contributed by atoms with Gasteiger partial charge < -0.3 is 13.7 Å². The number of hydrogen-bond donors (Lipinski definition) is 0. The summed E-state index contributed by atoms with van der Waals surface area (Å²) in [5.74, 6) is 0. The summed E-state index contributed by atoms with van der Waals surface area (Å²) in [7, 11) is 0. The third kappa shape index (κ3) is 3.36. The van der Waals surface area contributed by atoms with Crippen molar-refractivity contribution < 1.29 is 8.83 Å². The molecule has 4 aromatic heterocycles. The van der Waals surface area contributed by atoms with Crippen LogP contribution in [0.4, 0.5) is 17.1 Å². The minimum Gasteiger partial charge on any atom is -0.456 e. The van der Waals surface area contributed by atoms with Gasteiger partial charge in [0.1, 0.15) is 22.3 Å². The molecule has 0 aliphatic rings. The molecule has 4 nitrogen and oxygen atoms in total. The average molecular weight is 583 g/mol. The van der Waals surface area contributed by atoms with Crippen molar-refractivity contribution in [1.29, 1.82) is 0 Å². The van der Waals surface area contributed by atoms with Crippen LogP contribution in [0.3, 0.4) is 0 Å². The maximum atomic E-state index is 6.37. The Hall–Kier alpha value is -5.65. The number of anilines is 3. The zero-order valence-electron chi connectivity index (χ0n) is 23.3. The molecule has 5 heteroatoms. The molecule has 0 radical (unpaired) electrons. The molecule has 0 bridgehead atoms. The van der Waals surface area contributed by atoms with Gasteiger partial charge in [0, 0.05) is 76.9 Å². The number of aromatic nitrogens is 1. The second-order valence-electron chi connectivity index (χ2n) is 11.2. The van der Waals surface area contributed by atoms with Gasteiger partial charge in [-0.05, 0) is 66.0 Å². The van der Waals surface area contributed by atoms with E-state index in [9.17, 15) is 0 Å². The molecule has 4 heterocycles. The fraction of sp³-hybridized carbons (Fsp3) is 0. The number of benzene rings is 6. The van der Waals surface area contributed by atoms with Crippen molar-refractivity contribution in [2.45, 2.75) is 0 Å². The summed E-state index contributed by atoms with van der Waals surface area (Å²) in [4.78, 5) is 6.82. The first-order valence-electron chi connectivity index (χ1n) is 14.6. The van der Waals surface area contributed by atoms with E-state index in [1.54, 1.807) is 0 Å². The minimum absolute atomic E-state index is 0.864. The molecule has 0 saturated carbocycles. The van der Waals surface area contributed by atoms with Crippen molar-refractivity contribution in [3.05, 3.63) is 134 Å². The summed E-state index contributed by atoms with van der Waals surface area (Å²) in [6.07, 6.45) is 3.84. The fourth-order valence-electron chi connectivity index (χ4n) is 6.75. The zero-order valence-corrected chi connectivity index (χ0v) is 24.1. The van der Waals surface area contributed by atoms with E-state index < -0.39 is 0 Å². The number of nitrogens with zero attached hydrogens (tertiary/aromatic N) is 2.